The van der Waals surface area contributed by atoms with E-state index in [4.69, 9.17) is 18.9 Å². The van der Waals surface area contributed by atoms with Crippen LogP contribution in [0.15, 0.2) is 30.3 Å². The van der Waals surface area contributed by atoms with Crippen molar-refractivity contribution in [2.75, 3.05) is 60.7 Å². The van der Waals surface area contributed by atoms with Gasteiger partial charge >= 0.3 is 0 Å². The molecule has 0 bridgehead atoms. The van der Waals surface area contributed by atoms with Crippen molar-refractivity contribution >= 4 is 11.6 Å². The summed E-state index contributed by atoms with van der Waals surface area (Å²) in [5.74, 6) is -0.302. The van der Waals surface area contributed by atoms with Crippen LogP contribution >= 0.6 is 0 Å². The molecule has 1 amide bonds. The zero-order valence-electron chi connectivity index (χ0n) is 19.4. The standard InChI is InChI=1S/C23H28FN3O7/c1-31-10-11-34-22-14-19(27(29)30)17(13-21(22)33-3)23(28)26-8-6-25(7-9-26)15-16-4-5-20(32-2)18(24)12-16/h4-5,12-14H,6-11,15H2,1-3H3. The number of nitrogens with zero attached hydrogens (tertiary/aromatic N) is 3. The number of carbonyl (C=O) groups excluding carboxylic acids is 1. The fourth-order valence-corrected chi connectivity index (χ4v) is 3.72. The van der Waals surface area contributed by atoms with Crippen molar-refractivity contribution < 1.29 is 33.1 Å². The summed E-state index contributed by atoms with van der Waals surface area (Å²) < 4.78 is 34.6. The van der Waals surface area contributed by atoms with E-state index < -0.39 is 16.6 Å². The summed E-state index contributed by atoms with van der Waals surface area (Å²) in [6.45, 7) is 2.84. The highest BCUT2D eigenvalue weighted by Crippen LogP contribution is 2.35. The minimum atomic E-state index is -0.607. The van der Waals surface area contributed by atoms with Crippen molar-refractivity contribution in [1.29, 1.82) is 0 Å². The van der Waals surface area contributed by atoms with Crippen molar-refractivity contribution in [3.63, 3.8) is 0 Å². The third-order valence-corrected chi connectivity index (χ3v) is 5.54. The molecule has 1 aliphatic heterocycles. The fourth-order valence-electron chi connectivity index (χ4n) is 3.72. The number of benzene rings is 2. The molecule has 11 heteroatoms. The predicted octanol–water partition coefficient (Wildman–Crippen LogP) is 2.73. The zero-order chi connectivity index (χ0) is 24.7. The van der Waals surface area contributed by atoms with Crippen LogP contribution < -0.4 is 14.2 Å². The highest BCUT2D eigenvalue weighted by molar-refractivity contribution is 5.99. The maximum Gasteiger partial charge on any atom is 0.286 e. The first-order valence-electron chi connectivity index (χ1n) is 10.7. The van der Waals surface area contributed by atoms with E-state index in [-0.39, 0.29) is 35.1 Å². The van der Waals surface area contributed by atoms with Gasteiger partial charge in [-0.2, -0.15) is 0 Å². The molecule has 2 aromatic rings. The second kappa shape index (κ2) is 11.6. The number of nitro benzene ring substituents is 1. The van der Waals surface area contributed by atoms with Crippen LogP contribution in [0.1, 0.15) is 15.9 Å². The number of carbonyl (C=O) groups is 1. The van der Waals surface area contributed by atoms with E-state index in [1.165, 1.54) is 39.5 Å². The predicted molar refractivity (Wildman–Crippen MR) is 121 cm³/mol. The molecule has 1 heterocycles. The van der Waals surface area contributed by atoms with Crippen LogP contribution in [0, 0.1) is 15.9 Å². The van der Waals surface area contributed by atoms with Gasteiger partial charge in [-0.1, -0.05) is 6.07 Å². The SMILES string of the molecule is COCCOc1cc([N+](=O)[O-])c(C(=O)N2CCN(Cc3ccc(OC)c(F)c3)CC2)cc1OC. The van der Waals surface area contributed by atoms with Crippen LogP contribution in [0.4, 0.5) is 10.1 Å². The van der Waals surface area contributed by atoms with Crippen LogP contribution in [-0.2, 0) is 11.3 Å². The Kier molecular flexibility index (Phi) is 8.61. The number of ether oxygens (including phenoxy) is 4. The zero-order valence-corrected chi connectivity index (χ0v) is 19.4. The van der Waals surface area contributed by atoms with Crippen LogP contribution in [-0.4, -0.2) is 81.4 Å². The number of rotatable bonds is 10. The third-order valence-electron chi connectivity index (χ3n) is 5.54. The first-order chi connectivity index (χ1) is 16.4. The second-order valence-electron chi connectivity index (χ2n) is 7.66. The molecular formula is C23H28FN3O7. The lowest BCUT2D eigenvalue weighted by Gasteiger charge is -2.34. The Morgan fingerprint density at radius 3 is 2.29 bits per heavy atom. The highest BCUT2D eigenvalue weighted by Gasteiger charge is 2.30. The van der Waals surface area contributed by atoms with E-state index in [1.54, 1.807) is 17.0 Å². The molecule has 0 aliphatic carbocycles. The molecule has 0 N–H and O–H groups in total. The lowest BCUT2D eigenvalue weighted by Crippen LogP contribution is -2.48. The number of hydrogen-bond acceptors (Lipinski definition) is 8. The Morgan fingerprint density at radius 2 is 1.71 bits per heavy atom. The molecule has 0 unspecified atom stereocenters. The van der Waals surface area contributed by atoms with Crippen LogP contribution in [0.25, 0.3) is 0 Å². The molecule has 1 saturated heterocycles. The highest BCUT2D eigenvalue weighted by atomic mass is 19.1. The van der Waals surface area contributed by atoms with Crippen LogP contribution in [0.3, 0.4) is 0 Å². The summed E-state index contributed by atoms with van der Waals surface area (Å²) in [5, 5.41) is 11.7. The van der Waals surface area contributed by atoms with Gasteiger partial charge in [0.15, 0.2) is 23.1 Å². The van der Waals surface area contributed by atoms with Crippen molar-refractivity contribution in [1.82, 2.24) is 9.80 Å². The maximum absolute atomic E-state index is 14.0. The summed E-state index contributed by atoms with van der Waals surface area (Å²) in [7, 11) is 4.33. The van der Waals surface area contributed by atoms with Gasteiger partial charge in [-0.25, -0.2) is 4.39 Å². The van der Waals surface area contributed by atoms with Gasteiger partial charge in [0.2, 0.25) is 0 Å². The van der Waals surface area contributed by atoms with E-state index in [1.807, 2.05) is 0 Å². The molecule has 3 rings (SSSR count). The monoisotopic (exact) mass is 477 g/mol. The minimum absolute atomic E-state index is 0.0633. The lowest BCUT2D eigenvalue weighted by atomic mass is 10.1. The molecule has 1 fully saturated rings. The maximum atomic E-state index is 14.0. The van der Waals surface area contributed by atoms with Gasteiger partial charge in [0.25, 0.3) is 11.6 Å². The summed E-state index contributed by atoms with van der Waals surface area (Å²) >= 11 is 0. The van der Waals surface area contributed by atoms with E-state index in [0.29, 0.717) is 39.3 Å². The van der Waals surface area contributed by atoms with Crippen molar-refractivity contribution in [2.45, 2.75) is 6.54 Å². The molecule has 34 heavy (non-hydrogen) atoms. The van der Waals surface area contributed by atoms with Gasteiger partial charge in [-0.15, -0.1) is 0 Å². The summed E-state index contributed by atoms with van der Waals surface area (Å²) in [6, 6.07) is 7.36. The normalized spacial score (nSPS) is 14.1. The first-order valence-corrected chi connectivity index (χ1v) is 10.7. The molecule has 0 spiro atoms. The van der Waals surface area contributed by atoms with E-state index in [9.17, 15) is 19.3 Å². The Labute approximate surface area is 196 Å². The summed E-state index contributed by atoms with van der Waals surface area (Å²) in [5.41, 5.74) is 0.378. The number of nitro groups is 1. The Morgan fingerprint density at radius 1 is 1.00 bits per heavy atom. The molecular weight excluding hydrogens is 449 g/mol. The van der Waals surface area contributed by atoms with Gasteiger partial charge < -0.3 is 23.8 Å². The van der Waals surface area contributed by atoms with Crippen molar-refractivity contribution in [3.05, 3.63) is 57.4 Å². The summed E-state index contributed by atoms with van der Waals surface area (Å²) in [4.78, 5) is 27.9. The molecule has 184 valence electrons. The lowest BCUT2D eigenvalue weighted by molar-refractivity contribution is -0.385. The number of piperazine rings is 1. The third kappa shape index (κ3) is 5.91. The smallest absolute Gasteiger partial charge is 0.286 e. The minimum Gasteiger partial charge on any atom is -0.494 e. The van der Waals surface area contributed by atoms with Crippen LogP contribution in [0.2, 0.25) is 0 Å². The average Bonchev–Trinajstić information content (AvgIpc) is 2.84. The van der Waals surface area contributed by atoms with Gasteiger partial charge in [0.1, 0.15) is 12.2 Å². The first kappa shape index (κ1) is 25.2. The van der Waals surface area contributed by atoms with Gasteiger partial charge in [0, 0.05) is 45.9 Å². The number of amides is 1. The van der Waals surface area contributed by atoms with E-state index in [0.717, 1.165) is 5.56 Å². The average molecular weight is 477 g/mol. The largest absolute Gasteiger partial charge is 0.494 e. The van der Waals surface area contributed by atoms with E-state index in [2.05, 4.69) is 4.90 Å². The molecule has 0 saturated carbocycles. The molecule has 0 atom stereocenters. The molecule has 0 radical (unpaired) electrons. The molecule has 1 aliphatic rings. The molecule has 10 nitrogen and oxygen atoms in total. The van der Waals surface area contributed by atoms with Crippen LogP contribution in [0.5, 0.6) is 17.2 Å². The Balaban J connectivity index is 1.70. The molecule has 0 aromatic heterocycles. The van der Waals surface area contributed by atoms with Crippen molar-refractivity contribution in [3.8, 4) is 17.2 Å². The van der Waals surface area contributed by atoms with Gasteiger partial charge in [-0.05, 0) is 17.7 Å². The van der Waals surface area contributed by atoms with Gasteiger partial charge in [-0.3, -0.25) is 19.8 Å². The van der Waals surface area contributed by atoms with Crippen molar-refractivity contribution in [2.24, 2.45) is 0 Å². The molecule has 2 aromatic carbocycles. The fraction of sp³-hybridized carbons (Fsp3) is 0.435. The number of hydrogen-bond donors (Lipinski definition) is 0. The summed E-state index contributed by atoms with van der Waals surface area (Å²) in [6.07, 6.45) is 0. The Bertz CT molecular complexity index is 1030. The number of halogens is 1. The second-order valence-corrected chi connectivity index (χ2v) is 7.66. The number of methoxy groups -OCH3 is 3. The topological polar surface area (TPSA) is 104 Å². The van der Waals surface area contributed by atoms with E-state index >= 15 is 0 Å². The Hall–Kier alpha value is -3.44. The van der Waals surface area contributed by atoms with Gasteiger partial charge in [0.05, 0.1) is 31.8 Å². The quantitative estimate of drug-likeness (QED) is 0.292.